The van der Waals surface area contributed by atoms with Gasteiger partial charge in [0.15, 0.2) is 0 Å². The van der Waals surface area contributed by atoms with Crippen LogP contribution < -0.4 is 0 Å². The van der Waals surface area contributed by atoms with Gasteiger partial charge in [-0.25, -0.2) is 4.79 Å². The molecule has 0 N–H and O–H groups in total. The monoisotopic (exact) mass is 243 g/mol. The molecule has 0 aliphatic carbocycles. The summed E-state index contributed by atoms with van der Waals surface area (Å²) in [6, 6.07) is 9.60. The minimum atomic E-state index is -0.551. The Bertz CT molecular complexity index is 484. The lowest BCUT2D eigenvalue weighted by atomic mass is 10.0. The van der Waals surface area contributed by atoms with Gasteiger partial charge in [-0.2, -0.15) is 5.26 Å². The molecule has 0 heterocycles. The molecule has 0 saturated carbocycles. The third-order valence-electron chi connectivity index (χ3n) is 2.51. The molecule has 0 spiro atoms. The number of hydrogen-bond acceptors (Lipinski definition) is 3. The fourth-order valence-corrected chi connectivity index (χ4v) is 1.56. The van der Waals surface area contributed by atoms with E-state index < -0.39 is 5.97 Å². The van der Waals surface area contributed by atoms with Crippen LogP contribution in [0.2, 0.25) is 0 Å². The summed E-state index contributed by atoms with van der Waals surface area (Å²) in [6.45, 7) is 4.29. The largest absolute Gasteiger partial charge is 0.462 e. The molecule has 1 aromatic carbocycles. The summed E-state index contributed by atoms with van der Waals surface area (Å²) in [7, 11) is 0. The number of benzene rings is 1. The van der Waals surface area contributed by atoms with Gasteiger partial charge in [0.05, 0.1) is 6.61 Å². The van der Waals surface area contributed by atoms with E-state index >= 15 is 0 Å². The van der Waals surface area contributed by atoms with Crippen molar-refractivity contribution in [1.29, 1.82) is 5.26 Å². The average molecular weight is 243 g/mol. The highest BCUT2D eigenvalue weighted by atomic mass is 16.5. The van der Waals surface area contributed by atoms with Crippen LogP contribution in [0.4, 0.5) is 0 Å². The number of nitriles is 1. The van der Waals surface area contributed by atoms with Crippen molar-refractivity contribution in [2.24, 2.45) is 0 Å². The van der Waals surface area contributed by atoms with Crippen LogP contribution in [0.1, 0.15) is 31.4 Å². The Kier molecular flexibility index (Phi) is 5.66. The summed E-state index contributed by atoms with van der Waals surface area (Å²) in [6.07, 6.45) is 3.20. The Labute approximate surface area is 108 Å². The van der Waals surface area contributed by atoms with Gasteiger partial charge in [-0.05, 0) is 30.0 Å². The van der Waals surface area contributed by atoms with Crippen LogP contribution in [0.3, 0.4) is 0 Å². The highest BCUT2D eigenvalue weighted by Gasteiger charge is 2.10. The van der Waals surface area contributed by atoms with Crippen molar-refractivity contribution in [3.8, 4) is 6.07 Å². The predicted molar refractivity (Wildman–Crippen MR) is 70.7 cm³/mol. The molecule has 94 valence electrons. The van der Waals surface area contributed by atoms with Gasteiger partial charge in [-0.3, -0.25) is 0 Å². The van der Waals surface area contributed by atoms with E-state index in [2.05, 4.69) is 0 Å². The van der Waals surface area contributed by atoms with Crippen LogP contribution in [0, 0.1) is 11.3 Å². The highest BCUT2D eigenvalue weighted by Crippen LogP contribution is 2.14. The molecule has 0 radical (unpaired) electrons. The molecule has 0 amide bonds. The van der Waals surface area contributed by atoms with E-state index in [1.807, 2.05) is 44.2 Å². The summed E-state index contributed by atoms with van der Waals surface area (Å²) in [5, 5.41) is 9.00. The molecule has 0 saturated heterocycles. The Morgan fingerprint density at radius 2 is 2.11 bits per heavy atom. The Morgan fingerprint density at radius 1 is 1.39 bits per heavy atom. The van der Waals surface area contributed by atoms with Crippen LogP contribution in [0.25, 0.3) is 6.08 Å². The van der Waals surface area contributed by atoms with Crippen molar-refractivity contribution in [2.45, 2.75) is 26.7 Å². The first-order valence-electron chi connectivity index (χ1n) is 6.09. The van der Waals surface area contributed by atoms with Crippen LogP contribution in [-0.2, 0) is 16.0 Å². The molecule has 0 bridgehead atoms. The van der Waals surface area contributed by atoms with Gasteiger partial charge in [0.2, 0.25) is 0 Å². The summed E-state index contributed by atoms with van der Waals surface area (Å²) < 4.78 is 4.96. The summed E-state index contributed by atoms with van der Waals surface area (Å²) in [4.78, 5) is 11.6. The molecule has 0 aliphatic rings. The summed E-state index contributed by atoms with van der Waals surface area (Å²) in [5.41, 5.74) is 2.04. The van der Waals surface area contributed by atoms with E-state index in [0.29, 0.717) is 6.61 Å². The second-order valence-electron chi connectivity index (χ2n) is 3.86. The van der Waals surface area contributed by atoms with Crippen molar-refractivity contribution in [2.75, 3.05) is 6.61 Å². The second kappa shape index (κ2) is 7.29. The SMILES string of the molecule is CCCOC(=O)/C(C#N)=C/c1ccccc1CC. The van der Waals surface area contributed by atoms with Crippen LogP contribution in [0.5, 0.6) is 0 Å². The maximum Gasteiger partial charge on any atom is 0.348 e. The number of esters is 1. The van der Waals surface area contributed by atoms with Gasteiger partial charge < -0.3 is 4.74 Å². The van der Waals surface area contributed by atoms with E-state index in [9.17, 15) is 4.79 Å². The highest BCUT2D eigenvalue weighted by molar-refractivity contribution is 5.98. The molecule has 0 aliphatic heterocycles. The Balaban J connectivity index is 2.97. The molecule has 0 fully saturated rings. The maximum absolute atomic E-state index is 11.6. The number of carbonyl (C=O) groups excluding carboxylic acids is 1. The predicted octanol–water partition coefficient (Wildman–Crippen LogP) is 3.11. The fraction of sp³-hybridized carbons (Fsp3) is 0.333. The zero-order valence-corrected chi connectivity index (χ0v) is 10.8. The first kappa shape index (κ1) is 14.0. The molecular weight excluding hydrogens is 226 g/mol. The fourth-order valence-electron chi connectivity index (χ4n) is 1.56. The molecule has 3 nitrogen and oxygen atoms in total. The minimum Gasteiger partial charge on any atom is -0.462 e. The zero-order chi connectivity index (χ0) is 13.4. The summed E-state index contributed by atoms with van der Waals surface area (Å²) in [5.74, 6) is -0.551. The maximum atomic E-state index is 11.6. The third kappa shape index (κ3) is 3.74. The number of rotatable bonds is 5. The number of nitrogens with zero attached hydrogens (tertiary/aromatic N) is 1. The van der Waals surface area contributed by atoms with Gasteiger partial charge in [-0.15, -0.1) is 0 Å². The third-order valence-corrected chi connectivity index (χ3v) is 2.51. The average Bonchev–Trinajstić information content (AvgIpc) is 2.42. The lowest BCUT2D eigenvalue weighted by Gasteiger charge is -2.04. The molecule has 18 heavy (non-hydrogen) atoms. The van der Waals surface area contributed by atoms with E-state index in [4.69, 9.17) is 10.00 Å². The van der Waals surface area contributed by atoms with E-state index in [-0.39, 0.29) is 5.57 Å². The van der Waals surface area contributed by atoms with E-state index in [1.54, 1.807) is 6.08 Å². The molecule has 0 unspecified atom stereocenters. The lowest BCUT2D eigenvalue weighted by Crippen LogP contribution is -2.07. The quantitative estimate of drug-likeness (QED) is 0.453. The first-order valence-corrected chi connectivity index (χ1v) is 6.09. The molecule has 0 aromatic heterocycles. The van der Waals surface area contributed by atoms with Gasteiger partial charge in [0.25, 0.3) is 0 Å². The van der Waals surface area contributed by atoms with Crippen molar-refractivity contribution in [3.05, 3.63) is 41.0 Å². The molecule has 1 rings (SSSR count). The van der Waals surface area contributed by atoms with Crippen LogP contribution in [0.15, 0.2) is 29.8 Å². The van der Waals surface area contributed by atoms with Crippen molar-refractivity contribution in [1.82, 2.24) is 0 Å². The molecular formula is C15H17NO2. The number of aryl methyl sites for hydroxylation is 1. The number of hydrogen-bond donors (Lipinski definition) is 0. The smallest absolute Gasteiger partial charge is 0.348 e. The van der Waals surface area contributed by atoms with Crippen LogP contribution >= 0.6 is 0 Å². The van der Waals surface area contributed by atoms with Gasteiger partial charge in [-0.1, -0.05) is 38.1 Å². The molecule has 1 aromatic rings. The Hall–Kier alpha value is -2.08. The van der Waals surface area contributed by atoms with Gasteiger partial charge in [0, 0.05) is 0 Å². The van der Waals surface area contributed by atoms with Gasteiger partial charge >= 0.3 is 5.97 Å². The molecule has 3 heteroatoms. The second-order valence-corrected chi connectivity index (χ2v) is 3.86. The van der Waals surface area contributed by atoms with Crippen molar-refractivity contribution in [3.63, 3.8) is 0 Å². The zero-order valence-electron chi connectivity index (χ0n) is 10.8. The van der Waals surface area contributed by atoms with E-state index in [1.165, 1.54) is 0 Å². The Morgan fingerprint density at radius 3 is 2.72 bits per heavy atom. The first-order chi connectivity index (χ1) is 8.72. The van der Waals surface area contributed by atoms with Crippen molar-refractivity contribution < 1.29 is 9.53 Å². The normalized spacial score (nSPS) is 10.8. The number of ether oxygens (including phenoxy) is 1. The lowest BCUT2D eigenvalue weighted by molar-refractivity contribution is -0.138. The van der Waals surface area contributed by atoms with Crippen molar-refractivity contribution >= 4 is 12.0 Å². The number of carbonyl (C=O) groups is 1. The summed E-state index contributed by atoms with van der Waals surface area (Å²) >= 11 is 0. The molecule has 0 atom stereocenters. The van der Waals surface area contributed by atoms with E-state index in [0.717, 1.165) is 24.0 Å². The van der Waals surface area contributed by atoms with Crippen LogP contribution in [-0.4, -0.2) is 12.6 Å². The standard InChI is InChI=1S/C15H17NO2/c1-3-9-18-15(17)14(11-16)10-13-8-6-5-7-12(13)4-2/h5-8,10H,3-4,9H2,1-2H3/b14-10+. The minimum absolute atomic E-state index is 0.0457. The topological polar surface area (TPSA) is 50.1 Å². The van der Waals surface area contributed by atoms with Gasteiger partial charge in [0.1, 0.15) is 11.6 Å².